The highest BCUT2D eigenvalue weighted by molar-refractivity contribution is 6.09. The summed E-state index contributed by atoms with van der Waals surface area (Å²) in [5.74, 6) is 0.576. The second-order valence-corrected chi connectivity index (χ2v) is 14.8. The van der Waals surface area contributed by atoms with E-state index < -0.39 is 0 Å². The number of hydrogen-bond donors (Lipinski definition) is 2. The summed E-state index contributed by atoms with van der Waals surface area (Å²) in [6.45, 7) is 11.2. The molecule has 0 heterocycles. The van der Waals surface area contributed by atoms with Gasteiger partial charge in [0.2, 0.25) is 0 Å². The Hall–Kier alpha value is -6.12. The van der Waals surface area contributed by atoms with Gasteiger partial charge in [0, 0.05) is 22.7 Å². The zero-order valence-corrected chi connectivity index (χ0v) is 32.0. The second kappa shape index (κ2) is 15.1. The van der Waals surface area contributed by atoms with Crippen LogP contribution in [0.3, 0.4) is 0 Å². The molecule has 0 aromatic heterocycles. The molecule has 8 aromatic rings. The van der Waals surface area contributed by atoms with Gasteiger partial charge in [-0.15, -0.1) is 0 Å². The predicted octanol–water partition coefficient (Wildman–Crippen LogP) is 15.2. The first-order valence-electron chi connectivity index (χ1n) is 19.4. The predicted molar refractivity (Wildman–Crippen MR) is 235 cm³/mol. The van der Waals surface area contributed by atoms with Gasteiger partial charge in [0.05, 0.1) is 0 Å². The smallest absolute Gasteiger partial charge is 0.0384 e. The average molecular weight is 701 g/mol. The lowest BCUT2D eigenvalue weighted by Gasteiger charge is -2.18. The molecule has 8 aromatic carbocycles. The summed E-state index contributed by atoms with van der Waals surface area (Å²) in [5, 5.41) is 12.2. The van der Waals surface area contributed by atoms with E-state index in [1.54, 1.807) is 0 Å². The largest absolute Gasteiger partial charge is 0.356 e. The standard InChI is InChI=1S/C52H48N2/c1-6-34(3)38-18-26-46(27-19-38)54-48-30-22-40(23-31-48)44-17-15-42-13-9-36(5)52(50(42)33-44)51-35(4)8-12-41-14-16-43(32-49(41)51)39-20-28-47(29-21-39)53-45-24-10-37(7-2)11-25-45/h8-34,53-54H,6-7H2,1-5H3. The van der Waals surface area contributed by atoms with Crippen LogP contribution in [-0.2, 0) is 6.42 Å². The van der Waals surface area contributed by atoms with E-state index in [0.717, 1.165) is 35.6 Å². The lowest BCUT2D eigenvalue weighted by atomic mass is 9.86. The highest BCUT2D eigenvalue weighted by atomic mass is 14.9. The Morgan fingerprint density at radius 2 is 0.796 bits per heavy atom. The van der Waals surface area contributed by atoms with Crippen LogP contribution in [0, 0.1) is 13.8 Å². The third-order valence-corrected chi connectivity index (χ3v) is 11.2. The van der Waals surface area contributed by atoms with Crippen molar-refractivity contribution in [2.45, 2.75) is 53.4 Å². The van der Waals surface area contributed by atoms with Crippen LogP contribution in [0.2, 0.25) is 0 Å². The maximum atomic E-state index is 3.59. The molecule has 2 heteroatoms. The zero-order chi connectivity index (χ0) is 37.2. The van der Waals surface area contributed by atoms with Crippen molar-refractivity contribution in [1.29, 1.82) is 0 Å². The van der Waals surface area contributed by atoms with Crippen LogP contribution in [0.4, 0.5) is 22.7 Å². The Bertz CT molecular complexity index is 2560. The molecule has 0 radical (unpaired) electrons. The molecule has 0 aliphatic heterocycles. The normalized spacial score (nSPS) is 11.9. The molecule has 0 spiro atoms. The van der Waals surface area contributed by atoms with E-state index in [1.165, 1.54) is 77.2 Å². The van der Waals surface area contributed by atoms with E-state index in [1.807, 2.05) is 0 Å². The van der Waals surface area contributed by atoms with Crippen molar-refractivity contribution in [3.8, 4) is 33.4 Å². The molecule has 2 nitrogen and oxygen atoms in total. The maximum absolute atomic E-state index is 3.59. The third-order valence-electron chi connectivity index (χ3n) is 11.2. The molecule has 0 aliphatic rings. The fourth-order valence-corrected chi connectivity index (χ4v) is 7.66. The van der Waals surface area contributed by atoms with Gasteiger partial charge in [-0.25, -0.2) is 0 Å². The molecule has 1 atom stereocenters. The SMILES string of the molecule is CCc1ccc(Nc2ccc(-c3ccc4ccc(C)c(-c5c(C)ccc6ccc(-c7ccc(Nc8ccc(C(C)CC)cc8)cc7)cc56)c4c3)cc2)cc1. The van der Waals surface area contributed by atoms with E-state index >= 15 is 0 Å². The van der Waals surface area contributed by atoms with Crippen molar-refractivity contribution >= 4 is 44.3 Å². The Labute approximate surface area is 320 Å². The molecule has 0 saturated heterocycles. The number of hydrogen-bond acceptors (Lipinski definition) is 2. The van der Waals surface area contributed by atoms with E-state index in [2.05, 4.69) is 203 Å². The maximum Gasteiger partial charge on any atom is 0.0384 e. The summed E-state index contributed by atoms with van der Waals surface area (Å²) in [5.41, 5.74) is 17.1. The summed E-state index contributed by atoms with van der Waals surface area (Å²) < 4.78 is 0. The third kappa shape index (κ3) is 7.13. The van der Waals surface area contributed by atoms with Crippen molar-refractivity contribution in [3.05, 3.63) is 180 Å². The van der Waals surface area contributed by atoms with E-state index in [4.69, 9.17) is 0 Å². The second-order valence-electron chi connectivity index (χ2n) is 14.8. The first-order chi connectivity index (χ1) is 26.4. The summed E-state index contributed by atoms with van der Waals surface area (Å²) in [7, 11) is 0. The number of benzene rings is 8. The van der Waals surface area contributed by atoms with Crippen molar-refractivity contribution in [2.24, 2.45) is 0 Å². The number of fused-ring (bicyclic) bond motifs is 2. The van der Waals surface area contributed by atoms with Crippen LogP contribution in [-0.4, -0.2) is 0 Å². The first-order valence-corrected chi connectivity index (χ1v) is 19.4. The van der Waals surface area contributed by atoms with Crippen LogP contribution in [0.15, 0.2) is 158 Å². The van der Waals surface area contributed by atoms with Crippen molar-refractivity contribution in [2.75, 3.05) is 10.6 Å². The fraction of sp³-hybridized carbons (Fsp3) is 0.154. The molecule has 0 saturated carbocycles. The Morgan fingerprint density at radius 1 is 0.426 bits per heavy atom. The van der Waals surface area contributed by atoms with Crippen LogP contribution in [0.25, 0.3) is 54.9 Å². The van der Waals surface area contributed by atoms with Gasteiger partial charge in [0.25, 0.3) is 0 Å². The fourth-order valence-electron chi connectivity index (χ4n) is 7.66. The molecule has 2 N–H and O–H groups in total. The lowest BCUT2D eigenvalue weighted by molar-refractivity contribution is 0.734. The van der Waals surface area contributed by atoms with Gasteiger partial charge in [-0.1, -0.05) is 118 Å². The van der Waals surface area contributed by atoms with Crippen LogP contribution >= 0.6 is 0 Å². The monoisotopic (exact) mass is 700 g/mol. The molecular weight excluding hydrogens is 653 g/mol. The van der Waals surface area contributed by atoms with Crippen molar-refractivity contribution in [1.82, 2.24) is 0 Å². The number of aryl methyl sites for hydroxylation is 3. The van der Waals surface area contributed by atoms with Crippen molar-refractivity contribution < 1.29 is 0 Å². The van der Waals surface area contributed by atoms with Gasteiger partial charge in [0.15, 0.2) is 0 Å². The van der Waals surface area contributed by atoms with Gasteiger partial charge in [0.1, 0.15) is 0 Å². The molecule has 8 rings (SSSR count). The highest BCUT2D eigenvalue weighted by Gasteiger charge is 2.16. The summed E-state index contributed by atoms with van der Waals surface area (Å²) >= 11 is 0. The molecule has 0 bridgehead atoms. The van der Waals surface area contributed by atoms with Crippen molar-refractivity contribution in [3.63, 3.8) is 0 Å². The van der Waals surface area contributed by atoms with Crippen LogP contribution < -0.4 is 10.6 Å². The number of nitrogens with one attached hydrogen (secondary N) is 2. The molecule has 0 aliphatic carbocycles. The zero-order valence-electron chi connectivity index (χ0n) is 32.0. The van der Waals surface area contributed by atoms with Gasteiger partial charge >= 0.3 is 0 Å². The van der Waals surface area contributed by atoms with E-state index in [9.17, 15) is 0 Å². The molecule has 266 valence electrons. The Morgan fingerprint density at radius 3 is 1.20 bits per heavy atom. The average Bonchev–Trinajstić information content (AvgIpc) is 3.21. The first kappa shape index (κ1) is 34.9. The van der Waals surface area contributed by atoms with Crippen LogP contribution in [0.5, 0.6) is 0 Å². The molecular formula is C52H48N2. The molecule has 1 unspecified atom stereocenters. The van der Waals surface area contributed by atoms with Gasteiger partial charge in [-0.3, -0.25) is 0 Å². The molecule has 0 fully saturated rings. The minimum Gasteiger partial charge on any atom is -0.356 e. The number of anilines is 4. The Kier molecular flexibility index (Phi) is 9.76. The van der Waals surface area contributed by atoms with Crippen LogP contribution in [0.1, 0.15) is 55.4 Å². The van der Waals surface area contributed by atoms with Gasteiger partial charge in [-0.05, 0) is 170 Å². The molecule has 0 amide bonds. The minimum absolute atomic E-state index is 0.576. The minimum atomic E-state index is 0.576. The summed E-state index contributed by atoms with van der Waals surface area (Å²) in [6.07, 6.45) is 2.20. The summed E-state index contributed by atoms with van der Waals surface area (Å²) in [6, 6.07) is 58.0. The molecule has 54 heavy (non-hydrogen) atoms. The highest BCUT2D eigenvalue weighted by Crippen LogP contribution is 2.41. The topological polar surface area (TPSA) is 24.1 Å². The van der Waals surface area contributed by atoms with Gasteiger partial charge < -0.3 is 10.6 Å². The van der Waals surface area contributed by atoms with E-state index in [-0.39, 0.29) is 0 Å². The summed E-state index contributed by atoms with van der Waals surface area (Å²) in [4.78, 5) is 0. The van der Waals surface area contributed by atoms with Gasteiger partial charge in [-0.2, -0.15) is 0 Å². The van der Waals surface area contributed by atoms with E-state index in [0.29, 0.717) is 5.92 Å². The quantitative estimate of drug-likeness (QED) is 0.148. The number of rotatable bonds is 10. The Balaban J connectivity index is 1.11. The lowest BCUT2D eigenvalue weighted by Crippen LogP contribution is -1.94.